The lowest BCUT2D eigenvalue weighted by Gasteiger charge is -2.25. The van der Waals surface area contributed by atoms with Gasteiger partial charge in [-0.15, -0.1) is 0 Å². The number of carboxylic acid groups (broad SMARTS) is 1. The van der Waals surface area contributed by atoms with Crippen LogP contribution < -0.4 is 0 Å². The Bertz CT molecular complexity index is 415. The van der Waals surface area contributed by atoms with Crippen LogP contribution in [0.5, 0.6) is 0 Å². The SMILES string of the molecule is Cc1cc(C(=O)O)c2c(n1)CN(C)CC2. The molecule has 1 aromatic rings. The van der Waals surface area contributed by atoms with E-state index in [2.05, 4.69) is 9.88 Å². The first-order valence-electron chi connectivity index (χ1n) is 4.99. The van der Waals surface area contributed by atoms with Crippen molar-refractivity contribution in [3.05, 3.63) is 28.6 Å². The highest BCUT2D eigenvalue weighted by Gasteiger charge is 2.21. The maximum absolute atomic E-state index is 11.1. The number of fused-ring (bicyclic) bond motifs is 1. The van der Waals surface area contributed by atoms with Crippen molar-refractivity contribution in [1.82, 2.24) is 9.88 Å². The van der Waals surface area contributed by atoms with Crippen molar-refractivity contribution in [3.8, 4) is 0 Å². The Morgan fingerprint density at radius 3 is 3.00 bits per heavy atom. The molecule has 2 heterocycles. The fourth-order valence-electron chi connectivity index (χ4n) is 2.00. The van der Waals surface area contributed by atoms with E-state index in [4.69, 9.17) is 5.11 Å². The van der Waals surface area contributed by atoms with E-state index in [0.29, 0.717) is 5.56 Å². The maximum atomic E-state index is 11.1. The number of rotatable bonds is 1. The van der Waals surface area contributed by atoms with Crippen molar-refractivity contribution >= 4 is 5.97 Å². The van der Waals surface area contributed by atoms with Gasteiger partial charge in [0.1, 0.15) is 0 Å². The van der Waals surface area contributed by atoms with Gasteiger partial charge in [-0.05, 0) is 32.0 Å². The second-order valence-electron chi connectivity index (χ2n) is 4.03. The third-order valence-corrected chi connectivity index (χ3v) is 2.73. The minimum Gasteiger partial charge on any atom is -0.478 e. The van der Waals surface area contributed by atoms with Crippen LogP contribution in [0.15, 0.2) is 6.07 Å². The van der Waals surface area contributed by atoms with Gasteiger partial charge in [-0.1, -0.05) is 0 Å². The topological polar surface area (TPSA) is 53.4 Å². The zero-order valence-electron chi connectivity index (χ0n) is 8.95. The number of carbonyl (C=O) groups is 1. The van der Waals surface area contributed by atoms with Crippen LogP contribution in [0.25, 0.3) is 0 Å². The van der Waals surface area contributed by atoms with E-state index in [1.807, 2.05) is 14.0 Å². The highest BCUT2D eigenvalue weighted by atomic mass is 16.4. The zero-order valence-corrected chi connectivity index (χ0v) is 8.95. The summed E-state index contributed by atoms with van der Waals surface area (Å²) in [6.45, 7) is 3.48. The van der Waals surface area contributed by atoms with Crippen LogP contribution in [0.1, 0.15) is 27.3 Å². The van der Waals surface area contributed by atoms with E-state index in [-0.39, 0.29) is 0 Å². The number of nitrogens with zero attached hydrogens (tertiary/aromatic N) is 2. The molecular formula is C11H14N2O2. The summed E-state index contributed by atoms with van der Waals surface area (Å²) in [6.07, 6.45) is 0.779. The predicted octanol–water partition coefficient (Wildman–Crippen LogP) is 1.08. The number of pyridine rings is 1. The molecule has 1 N–H and O–H groups in total. The lowest BCUT2D eigenvalue weighted by Crippen LogP contribution is -2.29. The largest absolute Gasteiger partial charge is 0.478 e. The summed E-state index contributed by atoms with van der Waals surface area (Å²) in [5, 5.41) is 9.09. The molecule has 80 valence electrons. The minimum absolute atomic E-state index is 0.422. The van der Waals surface area contributed by atoms with E-state index in [9.17, 15) is 4.79 Å². The highest BCUT2D eigenvalue weighted by molar-refractivity contribution is 5.89. The highest BCUT2D eigenvalue weighted by Crippen LogP contribution is 2.21. The Balaban J connectivity index is 2.54. The van der Waals surface area contributed by atoms with Gasteiger partial charge >= 0.3 is 5.97 Å². The van der Waals surface area contributed by atoms with Gasteiger partial charge < -0.3 is 10.0 Å². The van der Waals surface area contributed by atoms with E-state index < -0.39 is 5.97 Å². The first-order valence-corrected chi connectivity index (χ1v) is 4.99. The summed E-state index contributed by atoms with van der Waals surface area (Å²) in [6, 6.07) is 1.66. The first kappa shape index (κ1) is 10.1. The molecule has 0 aromatic carbocycles. The Hall–Kier alpha value is -1.42. The van der Waals surface area contributed by atoms with Gasteiger partial charge in [-0.3, -0.25) is 4.98 Å². The van der Waals surface area contributed by atoms with Gasteiger partial charge in [0.25, 0.3) is 0 Å². The van der Waals surface area contributed by atoms with E-state index in [1.165, 1.54) is 0 Å². The monoisotopic (exact) mass is 206 g/mol. The van der Waals surface area contributed by atoms with E-state index in [0.717, 1.165) is 36.5 Å². The van der Waals surface area contributed by atoms with Crippen LogP contribution in [0, 0.1) is 6.92 Å². The fourth-order valence-corrected chi connectivity index (χ4v) is 2.00. The Kier molecular flexibility index (Phi) is 2.44. The lowest BCUT2D eigenvalue weighted by molar-refractivity contribution is 0.0694. The van der Waals surface area contributed by atoms with Crippen molar-refractivity contribution in [2.24, 2.45) is 0 Å². The molecule has 15 heavy (non-hydrogen) atoms. The van der Waals surface area contributed by atoms with Gasteiger partial charge in [-0.25, -0.2) is 4.79 Å². The Labute approximate surface area is 88.6 Å². The van der Waals surface area contributed by atoms with Crippen LogP contribution in [0.4, 0.5) is 0 Å². The molecule has 0 fully saturated rings. The minimum atomic E-state index is -0.846. The van der Waals surface area contributed by atoms with Crippen molar-refractivity contribution in [2.45, 2.75) is 19.9 Å². The summed E-state index contributed by atoms with van der Waals surface area (Å²) < 4.78 is 0. The van der Waals surface area contributed by atoms with Crippen LogP contribution in [0.3, 0.4) is 0 Å². The van der Waals surface area contributed by atoms with E-state index in [1.54, 1.807) is 6.07 Å². The molecule has 0 bridgehead atoms. The predicted molar refractivity (Wildman–Crippen MR) is 56.0 cm³/mol. The summed E-state index contributed by atoms with van der Waals surface area (Å²) in [7, 11) is 2.02. The van der Waals surface area contributed by atoms with Gasteiger partial charge in [0.2, 0.25) is 0 Å². The maximum Gasteiger partial charge on any atom is 0.336 e. The number of aryl methyl sites for hydroxylation is 1. The van der Waals surface area contributed by atoms with Crippen molar-refractivity contribution in [1.29, 1.82) is 0 Å². The van der Waals surface area contributed by atoms with Crippen molar-refractivity contribution < 1.29 is 9.90 Å². The standard InChI is InChI=1S/C11H14N2O2/c1-7-5-9(11(14)15)8-3-4-13(2)6-10(8)12-7/h5H,3-4,6H2,1-2H3,(H,14,15). The average molecular weight is 206 g/mol. The third kappa shape index (κ3) is 1.85. The molecule has 0 saturated heterocycles. The molecule has 0 aliphatic carbocycles. The first-order chi connectivity index (χ1) is 7.08. The molecule has 0 radical (unpaired) electrons. The van der Waals surface area contributed by atoms with Gasteiger partial charge in [0, 0.05) is 18.8 Å². The zero-order chi connectivity index (χ0) is 11.0. The molecule has 1 aliphatic heterocycles. The van der Waals surface area contributed by atoms with Gasteiger partial charge in [0.05, 0.1) is 11.3 Å². The number of carboxylic acids is 1. The van der Waals surface area contributed by atoms with Crippen molar-refractivity contribution in [2.75, 3.05) is 13.6 Å². The Morgan fingerprint density at radius 2 is 2.33 bits per heavy atom. The number of hydrogen-bond donors (Lipinski definition) is 1. The number of likely N-dealkylation sites (N-methyl/N-ethyl adjacent to an activating group) is 1. The fraction of sp³-hybridized carbons (Fsp3) is 0.455. The summed E-state index contributed by atoms with van der Waals surface area (Å²) in [5.74, 6) is -0.846. The van der Waals surface area contributed by atoms with Gasteiger partial charge in [0.15, 0.2) is 0 Å². The molecule has 0 spiro atoms. The van der Waals surface area contributed by atoms with Crippen LogP contribution >= 0.6 is 0 Å². The third-order valence-electron chi connectivity index (χ3n) is 2.73. The second-order valence-corrected chi connectivity index (χ2v) is 4.03. The van der Waals surface area contributed by atoms with Crippen LogP contribution in [0.2, 0.25) is 0 Å². The number of aromatic nitrogens is 1. The molecule has 0 amide bonds. The summed E-state index contributed by atoms with van der Waals surface area (Å²) in [4.78, 5) is 17.6. The smallest absolute Gasteiger partial charge is 0.336 e. The number of aromatic carboxylic acids is 1. The quantitative estimate of drug-likeness (QED) is 0.747. The molecule has 4 nitrogen and oxygen atoms in total. The Morgan fingerprint density at radius 1 is 1.60 bits per heavy atom. The van der Waals surface area contributed by atoms with Crippen LogP contribution in [-0.2, 0) is 13.0 Å². The molecule has 0 saturated carbocycles. The summed E-state index contributed by atoms with van der Waals surface area (Å²) in [5.41, 5.74) is 3.03. The van der Waals surface area contributed by atoms with Crippen molar-refractivity contribution in [3.63, 3.8) is 0 Å². The molecule has 0 unspecified atom stereocenters. The molecule has 0 atom stereocenters. The van der Waals surface area contributed by atoms with E-state index >= 15 is 0 Å². The van der Waals surface area contributed by atoms with Crippen LogP contribution in [-0.4, -0.2) is 34.6 Å². The van der Waals surface area contributed by atoms with Gasteiger partial charge in [-0.2, -0.15) is 0 Å². The number of hydrogen-bond acceptors (Lipinski definition) is 3. The summed E-state index contributed by atoms with van der Waals surface area (Å²) >= 11 is 0. The molecule has 2 rings (SSSR count). The molecule has 1 aromatic heterocycles. The second kappa shape index (κ2) is 3.62. The normalized spacial score (nSPS) is 16.1. The average Bonchev–Trinajstić information content (AvgIpc) is 2.15. The molecule has 4 heteroatoms. The molecule has 1 aliphatic rings. The molecular weight excluding hydrogens is 192 g/mol. The lowest BCUT2D eigenvalue weighted by atomic mass is 9.98.